The van der Waals surface area contributed by atoms with Gasteiger partial charge >= 0.3 is 0 Å². The van der Waals surface area contributed by atoms with E-state index in [1.54, 1.807) is 36.5 Å². The number of aliphatic hydroxyl groups is 1. The number of hydrogen-bond donors (Lipinski definition) is 5. The van der Waals surface area contributed by atoms with E-state index in [4.69, 9.17) is 10.5 Å². The summed E-state index contributed by atoms with van der Waals surface area (Å²) in [7, 11) is 0. The fourth-order valence-corrected chi connectivity index (χ4v) is 3.72. The van der Waals surface area contributed by atoms with Gasteiger partial charge in [0, 0.05) is 36.5 Å². The minimum Gasteiger partial charge on any atom is -0.504 e. The van der Waals surface area contributed by atoms with Crippen LogP contribution < -0.4 is 21.1 Å². The maximum absolute atomic E-state index is 12.7. The molecule has 0 aliphatic heterocycles. The summed E-state index contributed by atoms with van der Waals surface area (Å²) in [5.41, 5.74) is 8.90. The fourth-order valence-electron chi connectivity index (χ4n) is 3.72. The Morgan fingerprint density at radius 2 is 1.97 bits per heavy atom. The van der Waals surface area contributed by atoms with Crippen molar-refractivity contribution in [3.8, 4) is 11.5 Å². The normalized spacial score (nSPS) is 12.7. The van der Waals surface area contributed by atoms with Crippen LogP contribution in [0.2, 0.25) is 0 Å². The fraction of sp³-hybridized carbons (Fsp3) is 0.333. The van der Waals surface area contributed by atoms with Gasteiger partial charge in [-0.1, -0.05) is 24.3 Å². The molecule has 3 aromatic rings. The molecule has 35 heavy (non-hydrogen) atoms. The number of nitrogens with one attached hydrogen (secondary N) is 2. The van der Waals surface area contributed by atoms with Crippen LogP contribution in [0.15, 0.2) is 60.8 Å². The van der Waals surface area contributed by atoms with Crippen molar-refractivity contribution in [3.05, 3.63) is 83.0 Å². The van der Waals surface area contributed by atoms with Crippen LogP contribution in [0.1, 0.15) is 47.0 Å². The van der Waals surface area contributed by atoms with E-state index < -0.39 is 6.10 Å². The zero-order valence-corrected chi connectivity index (χ0v) is 20.2. The van der Waals surface area contributed by atoms with Crippen LogP contribution in [0.4, 0.5) is 5.82 Å². The first-order chi connectivity index (χ1) is 16.9. The van der Waals surface area contributed by atoms with Crippen molar-refractivity contribution in [2.75, 3.05) is 25.4 Å². The number of benzene rings is 2. The Morgan fingerprint density at radius 3 is 2.71 bits per heavy atom. The number of hydrogen-bond acceptors (Lipinski definition) is 7. The number of anilines is 1. The zero-order valence-electron chi connectivity index (χ0n) is 20.2. The lowest BCUT2D eigenvalue weighted by Gasteiger charge is -2.18. The number of nitrogens with two attached hydrogens (primary N) is 1. The number of amides is 1. The third kappa shape index (κ3) is 7.98. The molecule has 0 aliphatic rings. The van der Waals surface area contributed by atoms with Crippen LogP contribution in [0, 0.1) is 0 Å². The molecule has 3 rings (SSSR count). The molecule has 0 fully saturated rings. The van der Waals surface area contributed by atoms with Gasteiger partial charge in [0.1, 0.15) is 5.82 Å². The number of aromatic hydroxyl groups is 1. The minimum atomic E-state index is -0.680. The van der Waals surface area contributed by atoms with Crippen molar-refractivity contribution >= 4 is 11.7 Å². The van der Waals surface area contributed by atoms with Gasteiger partial charge in [-0.05, 0) is 68.1 Å². The molecule has 8 heteroatoms. The van der Waals surface area contributed by atoms with E-state index in [1.165, 1.54) is 0 Å². The number of phenolic OH excluding ortho intramolecular Hbond substituents is 1. The second-order valence-corrected chi connectivity index (χ2v) is 8.49. The number of aromatic nitrogens is 1. The lowest BCUT2D eigenvalue weighted by Crippen LogP contribution is -2.32. The zero-order chi connectivity index (χ0) is 25.2. The summed E-state index contributed by atoms with van der Waals surface area (Å²) in [6.07, 6.45) is 2.23. The number of carbonyl (C=O) groups excluding carboxylic acids is 1. The second kappa shape index (κ2) is 12.7. The quantitative estimate of drug-likeness (QED) is 0.271. The maximum Gasteiger partial charge on any atom is 0.251 e. The number of phenols is 1. The van der Waals surface area contributed by atoms with Gasteiger partial charge in [0.05, 0.1) is 12.7 Å². The first-order valence-electron chi connectivity index (χ1n) is 11.8. The standard InChI is InChI=1S/C27H34N4O4/c1-3-35-25-15-19(7-9-23(25)32)11-12-29-27(34)21-6-4-5-20(14-21)13-18(2)30-17-24(33)22-8-10-26(28)31-16-22/h4-10,14-16,18,24,30,32-33H,3,11-13,17H2,1-2H3,(H2,28,31)(H,29,34)/t18-,24+/m1/s1. The Hall–Kier alpha value is -3.62. The Kier molecular flexibility index (Phi) is 9.46. The molecule has 6 N–H and O–H groups in total. The second-order valence-electron chi connectivity index (χ2n) is 8.49. The van der Waals surface area contributed by atoms with E-state index in [9.17, 15) is 15.0 Å². The Morgan fingerprint density at radius 1 is 1.14 bits per heavy atom. The lowest BCUT2D eigenvalue weighted by atomic mass is 10.0. The van der Waals surface area contributed by atoms with Gasteiger partial charge in [-0.3, -0.25) is 4.79 Å². The number of carbonyl (C=O) groups is 1. The summed E-state index contributed by atoms with van der Waals surface area (Å²) in [5.74, 6) is 0.839. The molecule has 0 unspecified atom stereocenters. The van der Waals surface area contributed by atoms with Crippen molar-refractivity contribution in [1.82, 2.24) is 15.6 Å². The molecule has 2 aromatic carbocycles. The number of aliphatic hydroxyl groups excluding tert-OH is 1. The van der Waals surface area contributed by atoms with Crippen molar-refractivity contribution in [1.29, 1.82) is 0 Å². The average molecular weight is 479 g/mol. The highest BCUT2D eigenvalue weighted by Crippen LogP contribution is 2.26. The highest BCUT2D eigenvalue weighted by molar-refractivity contribution is 5.94. The van der Waals surface area contributed by atoms with Crippen molar-refractivity contribution in [2.24, 2.45) is 0 Å². The van der Waals surface area contributed by atoms with Crippen molar-refractivity contribution < 1.29 is 19.7 Å². The van der Waals surface area contributed by atoms with Crippen LogP contribution in [-0.4, -0.2) is 46.8 Å². The summed E-state index contributed by atoms with van der Waals surface area (Å²) in [6.45, 7) is 5.22. The first kappa shape index (κ1) is 26.0. The van der Waals surface area contributed by atoms with Gasteiger partial charge in [0.25, 0.3) is 5.91 Å². The predicted octanol–water partition coefficient (Wildman–Crippen LogP) is 2.99. The van der Waals surface area contributed by atoms with Gasteiger partial charge < -0.3 is 31.3 Å². The van der Waals surface area contributed by atoms with E-state index in [0.717, 1.165) is 11.1 Å². The summed E-state index contributed by atoms with van der Waals surface area (Å²) < 4.78 is 5.41. The predicted molar refractivity (Wildman–Crippen MR) is 137 cm³/mol. The van der Waals surface area contributed by atoms with E-state index in [-0.39, 0.29) is 17.7 Å². The number of nitrogens with zero attached hydrogens (tertiary/aromatic N) is 1. The molecule has 186 valence electrons. The van der Waals surface area contributed by atoms with Crippen LogP contribution >= 0.6 is 0 Å². The van der Waals surface area contributed by atoms with Gasteiger partial charge in [0.2, 0.25) is 0 Å². The molecule has 0 saturated carbocycles. The molecule has 8 nitrogen and oxygen atoms in total. The molecule has 1 amide bonds. The highest BCUT2D eigenvalue weighted by Gasteiger charge is 2.12. The summed E-state index contributed by atoms with van der Waals surface area (Å²) in [4.78, 5) is 16.7. The average Bonchev–Trinajstić information content (AvgIpc) is 2.85. The number of nitrogen functional groups attached to an aromatic ring is 1. The van der Waals surface area contributed by atoms with Crippen LogP contribution in [0.5, 0.6) is 11.5 Å². The maximum atomic E-state index is 12.7. The Bertz CT molecular complexity index is 1100. The summed E-state index contributed by atoms with van der Waals surface area (Å²) in [6, 6.07) is 16.3. The monoisotopic (exact) mass is 478 g/mol. The molecule has 1 heterocycles. The molecule has 0 bridgehead atoms. The third-order valence-electron chi connectivity index (χ3n) is 5.61. The molecule has 1 aromatic heterocycles. The van der Waals surface area contributed by atoms with E-state index in [0.29, 0.717) is 55.2 Å². The first-order valence-corrected chi connectivity index (χ1v) is 11.8. The van der Waals surface area contributed by atoms with E-state index in [2.05, 4.69) is 15.6 Å². The van der Waals surface area contributed by atoms with Gasteiger partial charge in [-0.25, -0.2) is 4.98 Å². The molecule has 2 atom stereocenters. The van der Waals surface area contributed by atoms with Crippen molar-refractivity contribution in [3.63, 3.8) is 0 Å². The van der Waals surface area contributed by atoms with Gasteiger partial charge in [-0.15, -0.1) is 0 Å². The largest absolute Gasteiger partial charge is 0.504 e. The lowest BCUT2D eigenvalue weighted by molar-refractivity contribution is 0.0954. The van der Waals surface area contributed by atoms with Crippen LogP contribution in [0.25, 0.3) is 0 Å². The van der Waals surface area contributed by atoms with Crippen LogP contribution in [-0.2, 0) is 12.8 Å². The molecule has 0 saturated heterocycles. The summed E-state index contributed by atoms with van der Waals surface area (Å²) in [5, 5.41) is 26.4. The molecule has 0 spiro atoms. The highest BCUT2D eigenvalue weighted by atomic mass is 16.5. The molecule has 0 aliphatic carbocycles. The van der Waals surface area contributed by atoms with Gasteiger partial charge in [0.15, 0.2) is 11.5 Å². The third-order valence-corrected chi connectivity index (χ3v) is 5.61. The number of rotatable bonds is 12. The molecular formula is C27H34N4O4. The Labute approximate surface area is 206 Å². The smallest absolute Gasteiger partial charge is 0.251 e. The van der Waals surface area contributed by atoms with Crippen molar-refractivity contribution in [2.45, 2.75) is 38.8 Å². The molecular weight excluding hydrogens is 444 g/mol. The molecule has 0 radical (unpaired) electrons. The van der Waals surface area contributed by atoms with Gasteiger partial charge in [-0.2, -0.15) is 0 Å². The minimum absolute atomic E-state index is 0.0961. The van der Waals surface area contributed by atoms with E-state index in [1.807, 2.05) is 38.1 Å². The van der Waals surface area contributed by atoms with E-state index >= 15 is 0 Å². The summed E-state index contributed by atoms with van der Waals surface area (Å²) >= 11 is 0. The number of pyridine rings is 1. The number of ether oxygens (including phenoxy) is 1. The SMILES string of the molecule is CCOc1cc(CCNC(=O)c2cccc(C[C@@H](C)NC[C@H](O)c3ccc(N)nc3)c2)ccc1O. The van der Waals surface area contributed by atoms with Crippen LogP contribution in [0.3, 0.4) is 0 Å². The Balaban J connectivity index is 1.47. The topological polar surface area (TPSA) is 130 Å².